The molecule has 0 fully saturated rings. The van der Waals surface area contributed by atoms with Gasteiger partial charge in [0.2, 0.25) is 0 Å². The van der Waals surface area contributed by atoms with E-state index < -0.39 is 15.8 Å². The SMILES string of the molecule is COC(=O)c1ccc2c(c1)C(c1ccccc1S(C)(=O)=O)=CCC2. The number of hydrogen-bond donors (Lipinski definition) is 0. The number of esters is 1. The largest absolute Gasteiger partial charge is 0.465 e. The Morgan fingerprint density at radius 1 is 1.08 bits per heavy atom. The Morgan fingerprint density at radius 3 is 2.54 bits per heavy atom. The number of methoxy groups -OCH3 is 1. The van der Waals surface area contributed by atoms with Crippen molar-refractivity contribution in [3.8, 4) is 0 Å². The van der Waals surface area contributed by atoms with Crippen molar-refractivity contribution in [2.24, 2.45) is 0 Å². The molecule has 2 aromatic carbocycles. The van der Waals surface area contributed by atoms with Crippen LogP contribution in [0.1, 0.15) is 33.5 Å². The van der Waals surface area contributed by atoms with Gasteiger partial charge in [-0.05, 0) is 47.7 Å². The third-order valence-corrected chi connectivity index (χ3v) is 5.31. The molecule has 2 aromatic rings. The van der Waals surface area contributed by atoms with Crippen molar-refractivity contribution >= 4 is 21.4 Å². The van der Waals surface area contributed by atoms with Crippen LogP contribution in [-0.4, -0.2) is 27.8 Å². The number of ether oxygens (including phenoxy) is 1. The monoisotopic (exact) mass is 342 g/mol. The number of fused-ring (bicyclic) bond motifs is 1. The summed E-state index contributed by atoms with van der Waals surface area (Å²) in [6, 6.07) is 12.4. The summed E-state index contributed by atoms with van der Waals surface area (Å²) in [5, 5.41) is 0. The van der Waals surface area contributed by atoms with Gasteiger partial charge in [0.1, 0.15) is 0 Å². The molecule has 0 bridgehead atoms. The molecule has 0 saturated carbocycles. The van der Waals surface area contributed by atoms with Crippen molar-refractivity contribution in [1.82, 2.24) is 0 Å². The molecule has 0 aromatic heterocycles. The summed E-state index contributed by atoms with van der Waals surface area (Å²) in [5.74, 6) is -0.404. The maximum atomic E-state index is 12.1. The van der Waals surface area contributed by atoms with E-state index in [1.54, 1.807) is 24.3 Å². The third-order valence-electron chi connectivity index (χ3n) is 4.16. The van der Waals surface area contributed by atoms with Crippen LogP contribution in [0.15, 0.2) is 53.4 Å². The lowest BCUT2D eigenvalue weighted by Gasteiger charge is -2.20. The topological polar surface area (TPSA) is 60.4 Å². The Kier molecular flexibility index (Phi) is 4.28. The van der Waals surface area contributed by atoms with Crippen LogP contribution in [0.4, 0.5) is 0 Å². The summed E-state index contributed by atoms with van der Waals surface area (Å²) in [4.78, 5) is 12.1. The van der Waals surface area contributed by atoms with Crippen molar-refractivity contribution in [1.29, 1.82) is 0 Å². The summed E-state index contributed by atoms with van der Waals surface area (Å²) in [7, 11) is -2.00. The number of carbonyl (C=O) groups is 1. The maximum Gasteiger partial charge on any atom is 0.337 e. The highest BCUT2D eigenvalue weighted by Crippen LogP contribution is 2.35. The lowest BCUT2D eigenvalue weighted by molar-refractivity contribution is 0.0600. The van der Waals surface area contributed by atoms with Crippen molar-refractivity contribution in [2.45, 2.75) is 17.7 Å². The van der Waals surface area contributed by atoms with Crippen LogP contribution in [0.5, 0.6) is 0 Å². The Labute approximate surface area is 141 Å². The van der Waals surface area contributed by atoms with E-state index in [0.29, 0.717) is 16.0 Å². The minimum absolute atomic E-state index is 0.299. The van der Waals surface area contributed by atoms with Gasteiger partial charge < -0.3 is 4.74 Å². The molecule has 0 amide bonds. The van der Waals surface area contributed by atoms with Gasteiger partial charge in [-0.3, -0.25) is 0 Å². The second-order valence-electron chi connectivity index (χ2n) is 5.79. The minimum atomic E-state index is -3.35. The fraction of sp³-hybridized carbons (Fsp3) is 0.211. The second-order valence-corrected chi connectivity index (χ2v) is 7.77. The normalized spacial score (nSPS) is 13.8. The summed E-state index contributed by atoms with van der Waals surface area (Å²) in [5.41, 5.74) is 3.97. The Morgan fingerprint density at radius 2 is 1.83 bits per heavy atom. The van der Waals surface area contributed by atoms with Crippen molar-refractivity contribution in [3.63, 3.8) is 0 Å². The highest BCUT2D eigenvalue weighted by Gasteiger charge is 2.21. The third kappa shape index (κ3) is 2.99. The summed E-state index contributed by atoms with van der Waals surface area (Å²) >= 11 is 0. The molecule has 0 saturated heterocycles. The predicted molar refractivity (Wildman–Crippen MR) is 92.7 cm³/mol. The number of aryl methyl sites for hydroxylation is 1. The lowest BCUT2D eigenvalue weighted by Crippen LogP contribution is -2.09. The van der Waals surface area contributed by atoms with E-state index in [1.807, 2.05) is 24.3 Å². The van der Waals surface area contributed by atoms with Gasteiger partial charge in [-0.1, -0.05) is 30.3 Å². The summed E-state index contributed by atoms with van der Waals surface area (Å²) in [6.45, 7) is 0. The quantitative estimate of drug-likeness (QED) is 0.803. The van der Waals surface area contributed by atoms with Gasteiger partial charge in [0.15, 0.2) is 9.84 Å². The first-order chi connectivity index (χ1) is 11.4. The highest BCUT2D eigenvalue weighted by molar-refractivity contribution is 7.90. The zero-order valence-electron chi connectivity index (χ0n) is 13.6. The number of sulfone groups is 1. The van der Waals surface area contributed by atoms with Crippen LogP contribution in [-0.2, 0) is 21.0 Å². The van der Waals surface area contributed by atoms with Crippen LogP contribution < -0.4 is 0 Å². The molecule has 24 heavy (non-hydrogen) atoms. The van der Waals surface area contributed by atoms with E-state index >= 15 is 0 Å². The van der Waals surface area contributed by atoms with Gasteiger partial charge in [-0.25, -0.2) is 13.2 Å². The van der Waals surface area contributed by atoms with Gasteiger partial charge >= 0.3 is 5.97 Å². The predicted octanol–water partition coefficient (Wildman–Crippen LogP) is 3.25. The number of benzene rings is 2. The standard InChI is InChI=1S/C19H18O4S/c1-23-19(20)14-11-10-13-6-5-8-15(17(13)12-14)16-7-3-4-9-18(16)24(2,21)22/h3-4,7-12H,5-6H2,1-2H3. The fourth-order valence-electron chi connectivity index (χ4n) is 3.04. The minimum Gasteiger partial charge on any atom is -0.465 e. The second kappa shape index (κ2) is 6.24. The van der Waals surface area contributed by atoms with Gasteiger partial charge in [0, 0.05) is 11.8 Å². The molecule has 0 unspecified atom stereocenters. The first kappa shape index (κ1) is 16.5. The molecule has 124 valence electrons. The first-order valence-electron chi connectivity index (χ1n) is 7.63. The molecule has 0 spiro atoms. The zero-order chi connectivity index (χ0) is 17.3. The highest BCUT2D eigenvalue weighted by atomic mass is 32.2. The van der Waals surface area contributed by atoms with Gasteiger partial charge in [0.05, 0.1) is 17.6 Å². The molecule has 1 aliphatic rings. The van der Waals surface area contributed by atoms with Crippen molar-refractivity contribution in [3.05, 3.63) is 70.8 Å². The molecular weight excluding hydrogens is 324 g/mol. The molecule has 5 heteroatoms. The van der Waals surface area contributed by atoms with Gasteiger partial charge in [-0.2, -0.15) is 0 Å². The maximum absolute atomic E-state index is 12.1. The Hall–Kier alpha value is -2.40. The smallest absolute Gasteiger partial charge is 0.337 e. The molecule has 1 aliphatic carbocycles. The molecule has 0 atom stereocenters. The first-order valence-corrected chi connectivity index (χ1v) is 9.52. The molecular formula is C19H18O4S. The van der Waals surface area contributed by atoms with E-state index in [4.69, 9.17) is 4.74 Å². The average Bonchev–Trinajstić information content (AvgIpc) is 2.59. The molecule has 0 heterocycles. The van der Waals surface area contributed by atoms with E-state index in [1.165, 1.54) is 13.4 Å². The van der Waals surface area contributed by atoms with E-state index in [-0.39, 0.29) is 0 Å². The molecule has 0 aliphatic heterocycles. The number of allylic oxidation sites excluding steroid dienone is 1. The van der Waals surface area contributed by atoms with Gasteiger partial charge in [-0.15, -0.1) is 0 Å². The fourth-order valence-corrected chi connectivity index (χ4v) is 3.94. The summed E-state index contributed by atoms with van der Waals surface area (Å²) in [6.07, 6.45) is 4.94. The van der Waals surface area contributed by atoms with E-state index in [2.05, 4.69) is 0 Å². The summed E-state index contributed by atoms with van der Waals surface area (Å²) < 4.78 is 29.0. The molecule has 0 N–H and O–H groups in total. The lowest BCUT2D eigenvalue weighted by atomic mass is 9.86. The van der Waals surface area contributed by atoms with E-state index in [0.717, 1.165) is 29.5 Å². The number of hydrogen-bond acceptors (Lipinski definition) is 4. The number of carbonyl (C=O) groups excluding carboxylic acids is 1. The van der Waals surface area contributed by atoms with Gasteiger partial charge in [0.25, 0.3) is 0 Å². The van der Waals surface area contributed by atoms with Crippen molar-refractivity contribution in [2.75, 3.05) is 13.4 Å². The van der Waals surface area contributed by atoms with Crippen LogP contribution in [0.3, 0.4) is 0 Å². The van der Waals surface area contributed by atoms with Crippen molar-refractivity contribution < 1.29 is 17.9 Å². The molecule has 3 rings (SSSR count). The van der Waals surface area contributed by atoms with Crippen LogP contribution >= 0.6 is 0 Å². The zero-order valence-corrected chi connectivity index (χ0v) is 14.4. The Balaban J connectivity index is 2.20. The van der Waals surface area contributed by atoms with Crippen LogP contribution in [0, 0.1) is 0 Å². The number of rotatable bonds is 3. The van der Waals surface area contributed by atoms with E-state index in [9.17, 15) is 13.2 Å². The molecule has 4 nitrogen and oxygen atoms in total. The Bertz CT molecular complexity index is 940. The molecule has 0 radical (unpaired) electrons. The van der Waals surface area contributed by atoms with Crippen LogP contribution in [0.2, 0.25) is 0 Å². The van der Waals surface area contributed by atoms with Crippen LogP contribution in [0.25, 0.3) is 5.57 Å². The average molecular weight is 342 g/mol.